The summed E-state index contributed by atoms with van der Waals surface area (Å²) in [5.41, 5.74) is 0. The van der Waals surface area contributed by atoms with E-state index in [1.54, 1.807) is 0 Å². The maximum atomic E-state index is 13.5. The van der Waals surface area contributed by atoms with Gasteiger partial charge in [-0.2, -0.15) is 0 Å². The van der Waals surface area contributed by atoms with Gasteiger partial charge in [0.15, 0.2) is 0 Å². The lowest BCUT2D eigenvalue weighted by atomic mass is 10.0. The summed E-state index contributed by atoms with van der Waals surface area (Å²) >= 11 is 0. The molecule has 0 aliphatic carbocycles. The minimum atomic E-state index is -4.45. The van der Waals surface area contributed by atoms with Gasteiger partial charge in [-0.3, -0.25) is 18.6 Å². The van der Waals surface area contributed by atoms with Crippen LogP contribution >= 0.6 is 7.82 Å². The van der Waals surface area contributed by atoms with E-state index in [-0.39, 0.29) is 31.5 Å². The fourth-order valence-electron chi connectivity index (χ4n) is 9.64. The van der Waals surface area contributed by atoms with E-state index < -0.39 is 20.0 Å². The Bertz CT molecular complexity index is 1520. The third-order valence-corrected chi connectivity index (χ3v) is 15.7. The van der Waals surface area contributed by atoms with E-state index in [0.717, 1.165) is 77.0 Å². The predicted molar refractivity (Wildman–Crippen MR) is 337 cm³/mol. The van der Waals surface area contributed by atoms with Crippen LogP contribution in [0, 0.1) is 0 Å². The quantitative estimate of drug-likeness (QED) is 0.0156. The van der Waals surface area contributed by atoms with Gasteiger partial charge in [-0.25, -0.2) is 4.57 Å². The third-order valence-electron chi connectivity index (χ3n) is 14.8. The molecule has 1 amide bonds. The number of rotatable bonds is 60. The van der Waals surface area contributed by atoms with Crippen molar-refractivity contribution < 1.29 is 37.3 Å². The molecule has 9 nitrogen and oxygen atoms in total. The lowest BCUT2D eigenvalue weighted by Crippen LogP contribution is -2.47. The fourth-order valence-corrected chi connectivity index (χ4v) is 10.4. The number of likely N-dealkylation sites (N-methyl/N-ethyl adjacent to an activating group) is 1. The summed E-state index contributed by atoms with van der Waals surface area (Å²) in [5.74, 6) is -0.510. The van der Waals surface area contributed by atoms with Crippen molar-refractivity contribution in [3.8, 4) is 0 Å². The molecule has 0 saturated heterocycles. The highest BCUT2D eigenvalue weighted by atomic mass is 31.2. The summed E-state index contributed by atoms with van der Waals surface area (Å²) in [6.07, 6.45) is 73.7. The minimum absolute atomic E-state index is 0.0373. The Hall–Kier alpha value is -2.29. The molecule has 0 aliphatic heterocycles. The van der Waals surface area contributed by atoms with Crippen LogP contribution in [-0.2, 0) is 27.9 Å². The van der Waals surface area contributed by atoms with Crippen molar-refractivity contribution >= 4 is 19.7 Å². The lowest BCUT2D eigenvalue weighted by molar-refractivity contribution is -0.870. The van der Waals surface area contributed by atoms with Gasteiger partial charge in [0.05, 0.1) is 33.8 Å². The van der Waals surface area contributed by atoms with Gasteiger partial charge in [0, 0.05) is 12.8 Å². The van der Waals surface area contributed by atoms with Crippen LogP contribution in [0.1, 0.15) is 310 Å². The molecular formula is C68H128N2O7P+. The number of hydrogen-bond donors (Lipinski definition) is 2. The molecular weight excluding hydrogens is 988 g/mol. The number of ether oxygens (including phenoxy) is 1. The summed E-state index contributed by atoms with van der Waals surface area (Å²) in [6.45, 7) is 6.90. The van der Waals surface area contributed by atoms with E-state index in [9.17, 15) is 19.0 Å². The van der Waals surface area contributed by atoms with Crippen molar-refractivity contribution in [3.63, 3.8) is 0 Å². The molecule has 0 radical (unpaired) electrons. The van der Waals surface area contributed by atoms with Crippen LogP contribution in [0.25, 0.3) is 0 Å². The smallest absolute Gasteiger partial charge is 0.456 e. The zero-order valence-corrected chi connectivity index (χ0v) is 53.1. The van der Waals surface area contributed by atoms with Crippen LogP contribution in [0.3, 0.4) is 0 Å². The van der Waals surface area contributed by atoms with Crippen molar-refractivity contribution in [2.75, 3.05) is 40.9 Å². The molecule has 10 heteroatoms. The maximum absolute atomic E-state index is 13.5. The first kappa shape index (κ1) is 75.7. The van der Waals surface area contributed by atoms with Crippen LogP contribution in [0.2, 0.25) is 0 Å². The number of allylic oxidation sites excluding steroid dienone is 9. The van der Waals surface area contributed by atoms with Gasteiger partial charge in [0.25, 0.3) is 0 Å². The number of carbonyl (C=O) groups excluding carboxylic acids is 2. The van der Waals surface area contributed by atoms with Gasteiger partial charge in [0.2, 0.25) is 5.91 Å². The molecule has 0 aromatic rings. The molecule has 3 unspecified atom stereocenters. The average Bonchev–Trinajstić information content (AvgIpc) is 3.40. The SMILES string of the molecule is CC/C=C/C=C/C=C/CCCCCCCCCC(=O)NC(COP(=O)(O)OCC[N+](C)(C)C)C(/C=C\CCCCCCCCCCCC)OC(=O)CCCCCCCCCCCCCCCCC/C=C/CCCCCCCC. The second kappa shape index (κ2) is 57.9. The van der Waals surface area contributed by atoms with E-state index in [1.807, 2.05) is 33.3 Å². The number of amides is 1. The number of carbonyl (C=O) groups is 2. The Labute approximate surface area is 483 Å². The largest absolute Gasteiger partial charge is 0.472 e. The molecule has 0 aliphatic rings. The first-order chi connectivity index (χ1) is 37.9. The highest BCUT2D eigenvalue weighted by Crippen LogP contribution is 2.43. The first-order valence-electron chi connectivity index (χ1n) is 33.1. The molecule has 0 fully saturated rings. The summed E-state index contributed by atoms with van der Waals surface area (Å²) in [7, 11) is 1.49. The van der Waals surface area contributed by atoms with Crippen molar-refractivity contribution in [1.29, 1.82) is 0 Å². The van der Waals surface area contributed by atoms with Gasteiger partial charge >= 0.3 is 13.8 Å². The Morgan fingerprint density at radius 3 is 1.26 bits per heavy atom. The van der Waals surface area contributed by atoms with Crippen molar-refractivity contribution in [1.82, 2.24) is 5.32 Å². The number of quaternary nitrogens is 1. The summed E-state index contributed by atoms with van der Waals surface area (Å²) < 4.78 is 30.7. The van der Waals surface area contributed by atoms with Crippen molar-refractivity contribution in [3.05, 3.63) is 60.8 Å². The van der Waals surface area contributed by atoms with Crippen LogP contribution in [0.5, 0.6) is 0 Å². The topological polar surface area (TPSA) is 111 Å². The molecule has 456 valence electrons. The second-order valence-electron chi connectivity index (χ2n) is 23.7. The maximum Gasteiger partial charge on any atom is 0.472 e. The molecule has 2 N–H and O–H groups in total. The van der Waals surface area contributed by atoms with E-state index in [1.165, 1.54) is 199 Å². The summed E-state index contributed by atoms with van der Waals surface area (Å²) in [6, 6.07) is -0.854. The molecule has 0 rings (SSSR count). The standard InChI is InChI=1S/C68H127N2O7P/c1-7-10-13-16-19-22-25-28-30-31-32-33-34-35-36-37-38-39-41-43-46-49-52-55-58-61-68(72)77-66(59-56-53-50-47-44-27-24-21-18-15-12-9-3)65(64-76-78(73,74)75-63-62-70(4,5)6)69-67(71)60-57-54-51-48-45-42-40-29-26-23-20-17-14-11-8-2/h11,14,17,20,23,26,28,30,56,59,65-66H,7-10,12-13,15-16,18-19,21-22,24-25,27,29,31-55,57-58,60-64H2,1-6H3,(H-,69,71,73,74)/p+1/b14-11+,20-17+,26-23+,30-28+,59-56-. The van der Waals surface area contributed by atoms with Crippen molar-refractivity contribution in [2.24, 2.45) is 0 Å². The van der Waals surface area contributed by atoms with Crippen LogP contribution in [0.4, 0.5) is 0 Å². The molecule has 3 atom stereocenters. The van der Waals surface area contributed by atoms with Gasteiger partial charge in [0.1, 0.15) is 19.3 Å². The Morgan fingerprint density at radius 1 is 0.462 bits per heavy atom. The van der Waals surface area contributed by atoms with Gasteiger partial charge in [-0.1, -0.05) is 281 Å². The first-order valence-corrected chi connectivity index (χ1v) is 34.6. The number of hydrogen-bond acceptors (Lipinski definition) is 6. The Kier molecular flexibility index (Phi) is 56.2. The van der Waals surface area contributed by atoms with Crippen LogP contribution in [0.15, 0.2) is 60.8 Å². The third kappa shape index (κ3) is 58.4. The lowest BCUT2D eigenvalue weighted by Gasteiger charge is -2.27. The number of esters is 1. The zero-order valence-electron chi connectivity index (χ0n) is 52.2. The number of phosphoric ester groups is 1. The predicted octanol–water partition coefficient (Wildman–Crippen LogP) is 20.6. The van der Waals surface area contributed by atoms with Gasteiger partial charge in [-0.15, -0.1) is 0 Å². The molecule has 0 spiro atoms. The van der Waals surface area contributed by atoms with E-state index >= 15 is 0 Å². The molecule has 0 aromatic carbocycles. The molecule has 0 aromatic heterocycles. The Morgan fingerprint density at radius 2 is 0.833 bits per heavy atom. The monoisotopic (exact) mass is 1120 g/mol. The molecule has 78 heavy (non-hydrogen) atoms. The molecule has 0 bridgehead atoms. The molecule has 0 heterocycles. The zero-order chi connectivity index (χ0) is 57.2. The summed E-state index contributed by atoms with van der Waals surface area (Å²) in [5, 5.41) is 3.05. The normalized spacial score (nSPS) is 14.0. The number of unbranched alkanes of at least 4 members (excludes halogenated alkanes) is 38. The molecule has 0 saturated carbocycles. The highest BCUT2D eigenvalue weighted by molar-refractivity contribution is 7.47. The fraction of sp³-hybridized carbons (Fsp3) is 0.824. The van der Waals surface area contributed by atoms with Crippen LogP contribution < -0.4 is 5.32 Å². The van der Waals surface area contributed by atoms with Crippen LogP contribution in [-0.4, -0.2) is 74.3 Å². The minimum Gasteiger partial charge on any atom is -0.456 e. The second-order valence-corrected chi connectivity index (χ2v) is 25.1. The van der Waals surface area contributed by atoms with E-state index in [4.69, 9.17) is 13.8 Å². The van der Waals surface area contributed by atoms with Crippen molar-refractivity contribution in [2.45, 2.75) is 322 Å². The van der Waals surface area contributed by atoms with Gasteiger partial charge < -0.3 is 19.4 Å². The number of phosphoric acid groups is 1. The Balaban J connectivity index is 5.07. The average molecular weight is 1120 g/mol. The number of nitrogens with one attached hydrogen (secondary N) is 1. The van der Waals surface area contributed by atoms with E-state index in [2.05, 4.69) is 74.7 Å². The number of nitrogens with zero attached hydrogens (tertiary/aromatic N) is 1. The van der Waals surface area contributed by atoms with Gasteiger partial charge in [-0.05, 0) is 76.7 Å². The summed E-state index contributed by atoms with van der Waals surface area (Å²) in [4.78, 5) is 37.8. The highest BCUT2D eigenvalue weighted by Gasteiger charge is 2.30. The van der Waals surface area contributed by atoms with E-state index in [0.29, 0.717) is 17.4 Å².